The topological polar surface area (TPSA) is 17.1 Å². The first kappa shape index (κ1) is 11.4. The van der Waals surface area contributed by atoms with Crippen molar-refractivity contribution in [2.75, 3.05) is 0 Å². The standard InChI is InChI=1S/C15H20O/c1-4-15(16)14-9-13(14)12-7-5-11(6-8-12)10(2)3/h5-8,10,13-14H,4,9H2,1-3H3. The van der Waals surface area contributed by atoms with Gasteiger partial charge in [-0.15, -0.1) is 0 Å². The Morgan fingerprint density at radius 2 is 1.94 bits per heavy atom. The second-order valence-corrected chi connectivity index (χ2v) is 5.09. The molecule has 0 N–H and O–H groups in total. The average Bonchev–Trinajstić information content (AvgIpc) is 3.08. The summed E-state index contributed by atoms with van der Waals surface area (Å²) in [6.07, 6.45) is 1.75. The van der Waals surface area contributed by atoms with Gasteiger partial charge in [0.15, 0.2) is 0 Å². The molecule has 0 bridgehead atoms. The van der Waals surface area contributed by atoms with Crippen LogP contribution >= 0.6 is 0 Å². The first-order valence-electron chi connectivity index (χ1n) is 6.26. The number of benzene rings is 1. The summed E-state index contributed by atoms with van der Waals surface area (Å²) in [6.45, 7) is 6.37. The Hall–Kier alpha value is -1.11. The van der Waals surface area contributed by atoms with Crippen LogP contribution in [0.25, 0.3) is 0 Å². The van der Waals surface area contributed by atoms with E-state index in [0.717, 1.165) is 6.42 Å². The third-order valence-electron chi connectivity index (χ3n) is 3.58. The molecule has 2 rings (SSSR count). The summed E-state index contributed by atoms with van der Waals surface area (Å²) in [5.74, 6) is 1.84. The Bertz CT molecular complexity index is 375. The van der Waals surface area contributed by atoms with Crippen LogP contribution in [0, 0.1) is 5.92 Å². The third kappa shape index (κ3) is 2.18. The molecule has 1 heteroatoms. The van der Waals surface area contributed by atoms with Gasteiger partial charge in [-0.1, -0.05) is 45.0 Å². The molecule has 0 aliphatic heterocycles. The van der Waals surface area contributed by atoms with Gasteiger partial charge in [0.1, 0.15) is 5.78 Å². The van der Waals surface area contributed by atoms with Gasteiger partial charge < -0.3 is 0 Å². The van der Waals surface area contributed by atoms with Crippen LogP contribution in [0.4, 0.5) is 0 Å². The Labute approximate surface area is 97.9 Å². The lowest BCUT2D eigenvalue weighted by atomic mass is 9.99. The van der Waals surface area contributed by atoms with E-state index in [9.17, 15) is 4.79 Å². The summed E-state index contributed by atoms with van der Waals surface area (Å²) >= 11 is 0. The summed E-state index contributed by atoms with van der Waals surface area (Å²) in [7, 11) is 0. The molecule has 1 aliphatic rings. The van der Waals surface area contributed by atoms with Crippen molar-refractivity contribution in [3.8, 4) is 0 Å². The number of Topliss-reactive ketones (excluding diaryl/α,β-unsaturated/α-hetero) is 1. The number of ketones is 1. The molecule has 0 saturated heterocycles. The molecule has 1 saturated carbocycles. The highest BCUT2D eigenvalue weighted by molar-refractivity contribution is 5.84. The van der Waals surface area contributed by atoms with Crippen LogP contribution in [0.15, 0.2) is 24.3 Å². The van der Waals surface area contributed by atoms with E-state index in [4.69, 9.17) is 0 Å². The smallest absolute Gasteiger partial charge is 0.136 e. The van der Waals surface area contributed by atoms with E-state index >= 15 is 0 Å². The molecule has 0 heterocycles. The maximum absolute atomic E-state index is 11.5. The zero-order valence-electron chi connectivity index (χ0n) is 10.4. The predicted molar refractivity (Wildman–Crippen MR) is 66.7 cm³/mol. The fraction of sp³-hybridized carbons (Fsp3) is 0.533. The van der Waals surface area contributed by atoms with Gasteiger partial charge in [0.05, 0.1) is 0 Å². The summed E-state index contributed by atoms with van der Waals surface area (Å²) in [5.41, 5.74) is 2.72. The Balaban J connectivity index is 2.05. The third-order valence-corrected chi connectivity index (χ3v) is 3.58. The first-order valence-corrected chi connectivity index (χ1v) is 6.26. The van der Waals surface area contributed by atoms with E-state index in [-0.39, 0.29) is 0 Å². The Kier molecular flexibility index (Phi) is 3.13. The lowest BCUT2D eigenvalue weighted by Gasteiger charge is -2.06. The van der Waals surface area contributed by atoms with Crippen LogP contribution in [0.3, 0.4) is 0 Å². The van der Waals surface area contributed by atoms with Crippen LogP contribution in [0.5, 0.6) is 0 Å². The lowest BCUT2D eigenvalue weighted by Crippen LogP contribution is -1.99. The van der Waals surface area contributed by atoms with Crippen molar-refractivity contribution >= 4 is 5.78 Å². The largest absolute Gasteiger partial charge is 0.299 e. The number of rotatable bonds is 4. The van der Waals surface area contributed by atoms with E-state index < -0.39 is 0 Å². The van der Waals surface area contributed by atoms with E-state index in [1.54, 1.807) is 0 Å². The van der Waals surface area contributed by atoms with Crippen molar-refractivity contribution in [2.45, 2.75) is 45.4 Å². The maximum atomic E-state index is 11.5. The van der Waals surface area contributed by atoms with Crippen LogP contribution in [-0.2, 0) is 4.79 Å². The summed E-state index contributed by atoms with van der Waals surface area (Å²) in [6, 6.07) is 8.80. The van der Waals surface area contributed by atoms with Gasteiger partial charge in [-0.05, 0) is 29.4 Å². The van der Waals surface area contributed by atoms with E-state index in [2.05, 4.69) is 38.1 Å². The highest BCUT2D eigenvalue weighted by atomic mass is 16.1. The quantitative estimate of drug-likeness (QED) is 0.746. The highest BCUT2D eigenvalue weighted by Crippen LogP contribution is 2.48. The van der Waals surface area contributed by atoms with Crippen LogP contribution in [0.1, 0.15) is 56.6 Å². The van der Waals surface area contributed by atoms with Crippen molar-refractivity contribution in [3.63, 3.8) is 0 Å². The molecule has 2 atom stereocenters. The molecule has 0 radical (unpaired) electrons. The van der Waals surface area contributed by atoms with Gasteiger partial charge in [-0.2, -0.15) is 0 Å². The predicted octanol–water partition coefficient (Wildman–Crippen LogP) is 3.89. The molecule has 0 spiro atoms. The second-order valence-electron chi connectivity index (χ2n) is 5.09. The van der Waals surface area contributed by atoms with Gasteiger partial charge in [0.2, 0.25) is 0 Å². The van der Waals surface area contributed by atoms with Gasteiger partial charge >= 0.3 is 0 Å². The number of carbonyl (C=O) groups excluding carboxylic acids is 1. The van der Waals surface area contributed by atoms with Crippen LogP contribution in [0.2, 0.25) is 0 Å². The molecule has 1 fully saturated rings. The molecule has 1 nitrogen and oxygen atoms in total. The molecule has 0 aromatic heterocycles. The van der Waals surface area contributed by atoms with Crippen molar-refractivity contribution < 1.29 is 4.79 Å². The van der Waals surface area contributed by atoms with Gasteiger partial charge in [0, 0.05) is 12.3 Å². The SMILES string of the molecule is CCC(=O)C1CC1c1ccc(C(C)C)cc1. The number of hydrogen-bond acceptors (Lipinski definition) is 1. The van der Waals surface area contributed by atoms with Gasteiger partial charge in [0.25, 0.3) is 0 Å². The fourth-order valence-electron chi connectivity index (χ4n) is 2.31. The fourth-order valence-corrected chi connectivity index (χ4v) is 2.31. The zero-order valence-corrected chi connectivity index (χ0v) is 10.4. The van der Waals surface area contributed by atoms with Crippen molar-refractivity contribution in [3.05, 3.63) is 35.4 Å². The normalized spacial score (nSPS) is 23.5. The summed E-state index contributed by atoms with van der Waals surface area (Å²) < 4.78 is 0. The lowest BCUT2D eigenvalue weighted by molar-refractivity contribution is -0.120. The van der Waals surface area contributed by atoms with Gasteiger partial charge in [-0.25, -0.2) is 0 Å². The molecule has 1 aromatic carbocycles. The van der Waals surface area contributed by atoms with E-state index in [1.165, 1.54) is 11.1 Å². The number of hydrogen-bond donors (Lipinski definition) is 0. The minimum atomic E-state index is 0.315. The van der Waals surface area contributed by atoms with E-state index in [1.807, 2.05) is 6.92 Å². The summed E-state index contributed by atoms with van der Waals surface area (Å²) in [4.78, 5) is 11.5. The minimum absolute atomic E-state index is 0.315. The number of carbonyl (C=O) groups is 1. The summed E-state index contributed by atoms with van der Waals surface area (Å²) in [5, 5.41) is 0. The molecule has 2 unspecified atom stereocenters. The molecular weight excluding hydrogens is 196 g/mol. The first-order chi connectivity index (χ1) is 7.63. The molecule has 1 aromatic rings. The highest BCUT2D eigenvalue weighted by Gasteiger charge is 2.42. The second kappa shape index (κ2) is 4.40. The van der Waals surface area contributed by atoms with Crippen LogP contribution in [-0.4, -0.2) is 5.78 Å². The van der Waals surface area contributed by atoms with Crippen molar-refractivity contribution in [2.24, 2.45) is 5.92 Å². The molecule has 16 heavy (non-hydrogen) atoms. The van der Waals surface area contributed by atoms with Crippen molar-refractivity contribution in [1.82, 2.24) is 0 Å². The average molecular weight is 216 g/mol. The molecule has 86 valence electrons. The van der Waals surface area contributed by atoms with Crippen molar-refractivity contribution in [1.29, 1.82) is 0 Å². The Morgan fingerprint density at radius 1 is 1.31 bits per heavy atom. The molecular formula is C15H20O. The zero-order chi connectivity index (χ0) is 11.7. The maximum Gasteiger partial charge on any atom is 0.136 e. The monoisotopic (exact) mass is 216 g/mol. The Morgan fingerprint density at radius 3 is 2.44 bits per heavy atom. The molecule has 1 aliphatic carbocycles. The van der Waals surface area contributed by atoms with Gasteiger partial charge in [-0.3, -0.25) is 4.79 Å². The van der Waals surface area contributed by atoms with Crippen LogP contribution < -0.4 is 0 Å². The molecule has 0 amide bonds. The van der Waals surface area contributed by atoms with E-state index in [0.29, 0.717) is 30.0 Å². The minimum Gasteiger partial charge on any atom is -0.299 e.